The lowest BCUT2D eigenvalue weighted by Crippen LogP contribution is -2.55. The lowest BCUT2D eigenvalue weighted by atomic mass is 9.72. The topological polar surface area (TPSA) is 93.1 Å². The number of piperidine rings is 1. The van der Waals surface area contributed by atoms with Crippen molar-refractivity contribution in [2.75, 3.05) is 0 Å². The van der Waals surface area contributed by atoms with Crippen LogP contribution in [0.25, 0.3) is 0 Å². The van der Waals surface area contributed by atoms with Crippen LogP contribution in [0, 0.1) is 11.8 Å². The number of fused-ring (bicyclic) bond motifs is 1. The molecule has 0 aromatic carbocycles. The molecular weight excluding hydrogens is 296 g/mol. The van der Waals surface area contributed by atoms with E-state index < -0.39 is 0 Å². The van der Waals surface area contributed by atoms with Crippen molar-refractivity contribution in [2.24, 2.45) is 18.9 Å². The predicted octanol–water partition coefficient (Wildman–Crippen LogP) is 0.203. The van der Waals surface area contributed by atoms with Gasteiger partial charge in [-0.15, -0.1) is 0 Å². The first-order valence-corrected chi connectivity index (χ1v) is 8.08. The first kappa shape index (κ1) is 15.7. The summed E-state index contributed by atoms with van der Waals surface area (Å²) in [6, 6.07) is 2.93. The maximum atomic E-state index is 12.3. The van der Waals surface area contributed by atoms with Crippen molar-refractivity contribution in [3.8, 4) is 0 Å². The maximum Gasteiger partial charge on any atom is 0.271 e. The molecule has 7 heteroatoms. The number of nitrogens with one attached hydrogen (secondary N) is 2. The van der Waals surface area contributed by atoms with Gasteiger partial charge in [-0.3, -0.25) is 14.4 Å². The zero-order chi connectivity index (χ0) is 16.6. The molecule has 23 heavy (non-hydrogen) atoms. The molecule has 4 unspecified atom stereocenters. The lowest BCUT2D eigenvalue weighted by molar-refractivity contribution is -0.126. The SMILES string of the molecule is CC1CC(=O)NC2CC(NC(=O)c3ccc(=O)n(C)n3)CCC12. The molecule has 3 rings (SSSR count). The minimum absolute atomic E-state index is 0.0217. The second kappa shape index (κ2) is 6.14. The number of amides is 2. The molecule has 2 aliphatic rings. The zero-order valence-electron chi connectivity index (χ0n) is 13.4. The number of hydrogen-bond donors (Lipinski definition) is 2. The number of nitrogens with zero attached hydrogens (tertiary/aromatic N) is 2. The van der Waals surface area contributed by atoms with Crippen molar-refractivity contribution >= 4 is 11.8 Å². The van der Waals surface area contributed by atoms with E-state index in [1.807, 2.05) is 0 Å². The van der Waals surface area contributed by atoms with Crippen LogP contribution in [0.2, 0.25) is 0 Å². The van der Waals surface area contributed by atoms with Crippen LogP contribution in [0.1, 0.15) is 43.1 Å². The summed E-state index contributed by atoms with van der Waals surface area (Å²) in [5, 5.41) is 10.00. The largest absolute Gasteiger partial charge is 0.353 e. The summed E-state index contributed by atoms with van der Waals surface area (Å²) in [6.07, 6.45) is 3.25. The van der Waals surface area contributed by atoms with Crippen molar-refractivity contribution in [3.63, 3.8) is 0 Å². The van der Waals surface area contributed by atoms with E-state index in [4.69, 9.17) is 0 Å². The van der Waals surface area contributed by atoms with E-state index in [0.29, 0.717) is 18.3 Å². The fraction of sp³-hybridized carbons (Fsp3) is 0.625. The van der Waals surface area contributed by atoms with Gasteiger partial charge in [-0.05, 0) is 37.2 Å². The Kier molecular flexibility index (Phi) is 4.19. The fourth-order valence-corrected chi connectivity index (χ4v) is 3.76. The van der Waals surface area contributed by atoms with Crippen molar-refractivity contribution in [2.45, 2.75) is 44.7 Å². The number of hydrogen-bond acceptors (Lipinski definition) is 4. The van der Waals surface area contributed by atoms with E-state index in [1.54, 1.807) is 0 Å². The summed E-state index contributed by atoms with van der Waals surface area (Å²) in [5.74, 6) is 0.719. The van der Waals surface area contributed by atoms with Crippen molar-refractivity contribution < 1.29 is 9.59 Å². The highest BCUT2D eigenvalue weighted by Crippen LogP contribution is 2.35. The Balaban J connectivity index is 1.64. The van der Waals surface area contributed by atoms with Gasteiger partial charge in [0.1, 0.15) is 5.69 Å². The molecule has 1 aromatic rings. The van der Waals surface area contributed by atoms with Crippen LogP contribution in [0.4, 0.5) is 0 Å². The normalized spacial score (nSPS) is 30.3. The second-order valence-corrected chi connectivity index (χ2v) is 6.68. The summed E-state index contributed by atoms with van der Waals surface area (Å²) >= 11 is 0. The predicted molar refractivity (Wildman–Crippen MR) is 83.8 cm³/mol. The van der Waals surface area contributed by atoms with Crippen LogP contribution in [0.3, 0.4) is 0 Å². The second-order valence-electron chi connectivity index (χ2n) is 6.68. The van der Waals surface area contributed by atoms with Crippen LogP contribution in [-0.4, -0.2) is 33.7 Å². The molecule has 2 heterocycles. The third-order valence-corrected chi connectivity index (χ3v) is 5.02. The van der Waals surface area contributed by atoms with Gasteiger partial charge < -0.3 is 10.6 Å². The van der Waals surface area contributed by atoms with E-state index in [0.717, 1.165) is 23.9 Å². The van der Waals surface area contributed by atoms with E-state index in [-0.39, 0.29) is 35.2 Å². The molecule has 1 aliphatic heterocycles. The highest BCUT2D eigenvalue weighted by molar-refractivity contribution is 5.92. The summed E-state index contributed by atoms with van der Waals surface area (Å²) in [6.45, 7) is 2.13. The number of aromatic nitrogens is 2. The van der Waals surface area contributed by atoms with Gasteiger partial charge in [0.05, 0.1) is 0 Å². The number of aryl methyl sites for hydroxylation is 1. The molecule has 4 atom stereocenters. The fourth-order valence-electron chi connectivity index (χ4n) is 3.76. The Morgan fingerprint density at radius 2 is 2.13 bits per heavy atom. The number of carbonyl (C=O) groups excluding carboxylic acids is 2. The molecule has 1 aliphatic carbocycles. The molecule has 124 valence electrons. The summed E-state index contributed by atoms with van der Waals surface area (Å²) < 4.78 is 1.15. The van der Waals surface area contributed by atoms with Crippen molar-refractivity contribution in [1.82, 2.24) is 20.4 Å². The Morgan fingerprint density at radius 3 is 2.87 bits per heavy atom. The Labute approximate surface area is 134 Å². The van der Waals surface area contributed by atoms with Gasteiger partial charge in [-0.2, -0.15) is 5.10 Å². The highest BCUT2D eigenvalue weighted by Gasteiger charge is 2.39. The average molecular weight is 318 g/mol. The van der Waals surface area contributed by atoms with Crippen LogP contribution < -0.4 is 16.2 Å². The first-order chi connectivity index (χ1) is 10.9. The summed E-state index contributed by atoms with van der Waals surface area (Å²) in [4.78, 5) is 35.3. The molecule has 0 radical (unpaired) electrons. The van der Waals surface area contributed by atoms with Gasteiger partial charge in [0.25, 0.3) is 11.5 Å². The Hall–Kier alpha value is -2.18. The third-order valence-electron chi connectivity index (χ3n) is 5.02. The Morgan fingerprint density at radius 1 is 1.35 bits per heavy atom. The van der Waals surface area contributed by atoms with Crippen LogP contribution in [-0.2, 0) is 11.8 Å². The number of carbonyl (C=O) groups is 2. The molecule has 7 nitrogen and oxygen atoms in total. The molecule has 1 saturated heterocycles. The highest BCUT2D eigenvalue weighted by atomic mass is 16.2. The van der Waals surface area contributed by atoms with Gasteiger partial charge in [-0.1, -0.05) is 6.92 Å². The minimum atomic E-state index is -0.278. The molecule has 1 aromatic heterocycles. The van der Waals surface area contributed by atoms with Gasteiger partial charge in [0.15, 0.2) is 0 Å². The van der Waals surface area contributed by atoms with Gasteiger partial charge in [-0.25, -0.2) is 4.68 Å². The quantitative estimate of drug-likeness (QED) is 0.815. The van der Waals surface area contributed by atoms with Gasteiger partial charge >= 0.3 is 0 Å². The van der Waals surface area contributed by atoms with Gasteiger partial charge in [0.2, 0.25) is 5.91 Å². The minimum Gasteiger partial charge on any atom is -0.353 e. The van der Waals surface area contributed by atoms with E-state index in [2.05, 4.69) is 22.7 Å². The van der Waals surface area contributed by atoms with Crippen molar-refractivity contribution in [3.05, 3.63) is 28.2 Å². The molecular formula is C16H22N4O3. The van der Waals surface area contributed by atoms with Crippen molar-refractivity contribution in [1.29, 1.82) is 0 Å². The molecule has 1 saturated carbocycles. The maximum absolute atomic E-state index is 12.3. The van der Waals surface area contributed by atoms with E-state index in [9.17, 15) is 14.4 Å². The lowest BCUT2D eigenvalue weighted by Gasteiger charge is -2.43. The zero-order valence-corrected chi connectivity index (χ0v) is 13.4. The molecule has 0 spiro atoms. The van der Waals surface area contributed by atoms with E-state index in [1.165, 1.54) is 19.2 Å². The van der Waals surface area contributed by atoms with Crippen LogP contribution >= 0.6 is 0 Å². The first-order valence-electron chi connectivity index (χ1n) is 8.08. The summed E-state index contributed by atoms with van der Waals surface area (Å²) in [5.41, 5.74) is -0.0174. The monoisotopic (exact) mass is 318 g/mol. The van der Waals surface area contributed by atoms with Crippen LogP contribution in [0.5, 0.6) is 0 Å². The molecule has 2 fully saturated rings. The molecule has 2 N–H and O–H groups in total. The standard InChI is InChI=1S/C16H22N4O3/c1-9-7-14(21)18-13-8-10(3-4-11(9)13)17-16(23)12-5-6-15(22)20(2)19-12/h5-6,9-11,13H,3-4,7-8H2,1-2H3,(H,17,23)(H,18,21). The van der Waals surface area contributed by atoms with E-state index >= 15 is 0 Å². The molecule has 2 amide bonds. The Bertz CT molecular complexity index is 684. The van der Waals surface area contributed by atoms with Gasteiger partial charge in [0, 0.05) is 31.6 Å². The summed E-state index contributed by atoms with van der Waals surface area (Å²) in [7, 11) is 1.52. The third kappa shape index (κ3) is 3.28. The smallest absolute Gasteiger partial charge is 0.271 e. The number of rotatable bonds is 2. The average Bonchev–Trinajstić information content (AvgIpc) is 2.49. The molecule has 0 bridgehead atoms. The van der Waals surface area contributed by atoms with Crippen LogP contribution in [0.15, 0.2) is 16.9 Å².